The number of carbonyl (C=O) groups is 2. The van der Waals surface area contributed by atoms with Crippen LogP contribution >= 0.6 is 0 Å². The van der Waals surface area contributed by atoms with Gasteiger partial charge in [0.1, 0.15) is 6.04 Å². The van der Waals surface area contributed by atoms with Crippen LogP contribution in [0.4, 0.5) is 0 Å². The smallest absolute Gasteiger partial charge is 0.305 e. The van der Waals surface area contributed by atoms with Gasteiger partial charge in [0.2, 0.25) is 5.91 Å². The number of carboxylic acids is 1. The molecule has 1 aliphatic carbocycles. The fourth-order valence-electron chi connectivity index (χ4n) is 3.47. The van der Waals surface area contributed by atoms with E-state index in [1.807, 2.05) is 0 Å². The number of amides is 1. The first-order valence-electron chi connectivity index (χ1n) is 7.36. The van der Waals surface area contributed by atoms with E-state index in [1.54, 1.807) is 0 Å². The van der Waals surface area contributed by atoms with Gasteiger partial charge < -0.3 is 10.4 Å². The van der Waals surface area contributed by atoms with Crippen LogP contribution in [-0.2, 0) is 9.59 Å². The van der Waals surface area contributed by atoms with E-state index in [0.717, 1.165) is 19.3 Å². The number of nitrogens with one attached hydrogen (secondary N) is 1. The van der Waals surface area contributed by atoms with Gasteiger partial charge in [0.05, 0.1) is 6.42 Å². The first kappa shape index (κ1) is 14.3. The summed E-state index contributed by atoms with van der Waals surface area (Å²) < 4.78 is 0. The Morgan fingerprint density at radius 2 is 2.00 bits per heavy atom. The second kappa shape index (κ2) is 6.37. The van der Waals surface area contributed by atoms with E-state index >= 15 is 0 Å². The second-order valence-corrected chi connectivity index (χ2v) is 5.78. The third kappa shape index (κ3) is 3.47. The lowest BCUT2D eigenvalue weighted by molar-refractivity contribution is -0.143. The van der Waals surface area contributed by atoms with E-state index in [0.29, 0.717) is 12.6 Å². The predicted octanol–water partition coefficient (Wildman–Crippen LogP) is 1.37. The van der Waals surface area contributed by atoms with Crippen LogP contribution in [0.2, 0.25) is 0 Å². The lowest BCUT2D eigenvalue weighted by Gasteiger charge is -2.41. The highest BCUT2D eigenvalue weighted by molar-refractivity contribution is 5.86. The van der Waals surface area contributed by atoms with Gasteiger partial charge in [0.15, 0.2) is 0 Å². The summed E-state index contributed by atoms with van der Waals surface area (Å²) >= 11 is 0. The van der Waals surface area contributed by atoms with Crippen molar-refractivity contribution in [3.05, 3.63) is 0 Å². The van der Waals surface area contributed by atoms with Crippen molar-refractivity contribution in [2.24, 2.45) is 0 Å². The zero-order valence-electron chi connectivity index (χ0n) is 11.6. The van der Waals surface area contributed by atoms with Gasteiger partial charge in [-0.25, -0.2) is 0 Å². The van der Waals surface area contributed by atoms with Gasteiger partial charge >= 0.3 is 5.97 Å². The third-order valence-electron chi connectivity index (χ3n) is 4.40. The molecule has 1 amide bonds. The number of rotatable bonds is 3. The Labute approximate surface area is 114 Å². The molecule has 0 radical (unpaired) electrons. The molecule has 2 rings (SSSR count). The first-order valence-corrected chi connectivity index (χ1v) is 7.36. The fraction of sp³-hybridized carbons (Fsp3) is 0.857. The molecule has 1 aliphatic heterocycles. The number of hydrogen-bond donors (Lipinski definition) is 2. The first-order chi connectivity index (χ1) is 9.09. The average molecular weight is 268 g/mol. The van der Waals surface area contributed by atoms with E-state index in [2.05, 4.69) is 17.1 Å². The molecule has 108 valence electrons. The summed E-state index contributed by atoms with van der Waals surface area (Å²) in [6.07, 6.45) is 6.63. The highest BCUT2D eigenvalue weighted by Gasteiger charge is 2.38. The number of carbonyl (C=O) groups excluding carboxylic acids is 1. The van der Waals surface area contributed by atoms with Gasteiger partial charge in [-0.05, 0) is 26.2 Å². The van der Waals surface area contributed by atoms with Crippen molar-refractivity contribution in [1.82, 2.24) is 10.2 Å². The molecular formula is C14H24N2O3. The summed E-state index contributed by atoms with van der Waals surface area (Å²) in [5, 5.41) is 11.9. The van der Waals surface area contributed by atoms with Gasteiger partial charge in [-0.1, -0.05) is 19.3 Å². The average Bonchev–Trinajstić information content (AvgIpc) is 2.50. The van der Waals surface area contributed by atoms with Crippen LogP contribution < -0.4 is 5.32 Å². The minimum atomic E-state index is -0.893. The van der Waals surface area contributed by atoms with E-state index in [1.165, 1.54) is 19.3 Å². The summed E-state index contributed by atoms with van der Waals surface area (Å²) in [5.41, 5.74) is 0. The summed E-state index contributed by atoms with van der Waals surface area (Å²) in [4.78, 5) is 25.4. The number of nitrogens with zero attached hydrogens (tertiary/aromatic N) is 1. The van der Waals surface area contributed by atoms with E-state index in [4.69, 9.17) is 5.11 Å². The molecule has 2 atom stereocenters. The van der Waals surface area contributed by atoms with Gasteiger partial charge in [-0.15, -0.1) is 0 Å². The maximum Gasteiger partial charge on any atom is 0.305 e. The SMILES string of the molecule is CC1CCNC(=O)C(CC(=O)O)N1C1CCCCC1. The third-order valence-corrected chi connectivity index (χ3v) is 4.40. The van der Waals surface area contributed by atoms with Crippen molar-refractivity contribution >= 4 is 11.9 Å². The van der Waals surface area contributed by atoms with Gasteiger partial charge in [-0.2, -0.15) is 0 Å². The quantitative estimate of drug-likeness (QED) is 0.811. The summed E-state index contributed by atoms with van der Waals surface area (Å²) in [6.45, 7) is 2.77. The van der Waals surface area contributed by atoms with Crippen molar-refractivity contribution in [1.29, 1.82) is 0 Å². The molecular weight excluding hydrogens is 244 g/mol. The lowest BCUT2D eigenvalue weighted by atomic mass is 9.91. The van der Waals surface area contributed by atoms with Gasteiger partial charge in [0.25, 0.3) is 0 Å². The molecule has 2 N–H and O–H groups in total. The molecule has 19 heavy (non-hydrogen) atoms. The van der Waals surface area contributed by atoms with Gasteiger partial charge in [-0.3, -0.25) is 14.5 Å². The zero-order valence-corrected chi connectivity index (χ0v) is 11.6. The van der Waals surface area contributed by atoms with Crippen LogP contribution in [0.1, 0.15) is 51.9 Å². The van der Waals surface area contributed by atoms with Crippen LogP contribution in [0, 0.1) is 0 Å². The maximum absolute atomic E-state index is 12.1. The van der Waals surface area contributed by atoms with Crippen LogP contribution in [0.5, 0.6) is 0 Å². The highest BCUT2D eigenvalue weighted by Crippen LogP contribution is 2.28. The van der Waals surface area contributed by atoms with Crippen LogP contribution in [0.15, 0.2) is 0 Å². The summed E-state index contributed by atoms with van der Waals surface area (Å²) in [6, 6.07) is 0.140. The van der Waals surface area contributed by atoms with E-state index < -0.39 is 12.0 Å². The number of aliphatic carboxylic acids is 1. The van der Waals surface area contributed by atoms with Crippen molar-refractivity contribution in [3.63, 3.8) is 0 Å². The topological polar surface area (TPSA) is 69.6 Å². The number of hydrogen-bond acceptors (Lipinski definition) is 3. The minimum absolute atomic E-state index is 0.0906. The molecule has 0 spiro atoms. The molecule has 2 unspecified atom stereocenters. The van der Waals surface area contributed by atoms with Crippen molar-refractivity contribution in [2.45, 2.75) is 70.0 Å². The number of carboxylic acid groups (broad SMARTS) is 1. The Kier molecular flexibility index (Phi) is 4.80. The maximum atomic E-state index is 12.1. The molecule has 5 nitrogen and oxygen atoms in total. The Balaban J connectivity index is 2.19. The van der Waals surface area contributed by atoms with Crippen molar-refractivity contribution in [3.8, 4) is 0 Å². The summed E-state index contributed by atoms with van der Waals surface area (Å²) in [5.74, 6) is -1.01. The molecule has 1 heterocycles. The second-order valence-electron chi connectivity index (χ2n) is 5.78. The van der Waals surface area contributed by atoms with Gasteiger partial charge in [0, 0.05) is 18.6 Å². The van der Waals surface area contributed by atoms with Crippen LogP contribution in [0.3, 0.4) is 0 Å². The molecule has 2 fully saturated rings. The highest BCUT2D eigenvalue weighted by atomic mass is 16.4. The predicted molar refractivity (Wildman–Crippen MR) is 71.8 cm³/mol. The molecule has 5 heteroatoms. The largest absolute Gasteiger partial charge is 0.481 e. The van der Waals surface area contributed by atoms with Crippen LogP contribution in [-0.4, -0.2) is 46.6 Å². The zero-order chi connectivity index (χ0) is 13.8. The van der Waals surface area contributed by atoms with Crippen molar-refractivity contribution < 1.29 is 14.7 Å². The Morgan fingerprint density at radius 3 is 2.63 bits per heavy atom. The summed E-state index contributed by atoms with van der Waals surface area (Å²) in [7, 11) is 0. The van der Waals surface area contributed by atoms with Crippen LogP contribution in [0.25, 0.3) is 0 Å². The molecule has 0 aromatic heterocycles. The molecule has 1 saturated heterocycles. The monoisotopic (exact) mass is 268 g/mol. The minimum Gasteiger partial charge on any atom is -0.481 e. The van der Waals surface area contributed by atoms with Crippen molar-refractivity contribution in [2.75, 3.05) is 6.54 Å². The normalized spacial score (nSPS) is 30.7. The fourth-order valence-corrected chi connectivity index (χ4v) is 3.47. The molecule has 0 aromatic carbocycles. The Bertz CT molecular complexity index is 340. The Morgan fingerprint density at radius 1 is 1.32 bits per heavy atom. The van der Waals surface area contributed by atoms with E-state index in [-0.39, 0.29) is 18.4 Å². The Hall–Kier alpha value is -1.10. The molecule has 0 bridgehead atoms. The lowest BCUT2D eigenvalue weighted by Crippen LogP contribution is -2.53. The molecule has 0 aromatic rings. The molecule has 1 saturated carbocycles. The standard InChI is InChI=1S/C14H24N2O3/c1-10-7-8-15-14(19)12(9-13(17)18)16(10)11-5-3-2-4-6-11/h10-12H,2-9H2,1H3,(H,15,19)(H,17,18). The van der Waals surface area contributed by atoms with E-state index in [9.17, 15) is 9.59 Å². The molecule has 2 aliphatic rings.